The van der Waals surface area contributed by atoms with Gasteiger partial charge in [-0.15, -0.1) is 0 Å². The van der Waals surface area contributed by atoms with Crippen LogP contribution in [-0.4, -0.2) is 36.4 Å². The molecule has 0 aliphatic rings. The molecule has 2 heterocycles. The lowest BCUT2D eigenvalue weighted by atomic mass is 10.2. The van der Waals surface area contributed by atoms with Crippen molar-refractivity contribution in [1.82, 2.24) is 24.5 Å². The predicted molar refractivity (Wildman–Crippen MR) is 119 cm³/mol. The van der Waals surface area contributed by atoms with E-state index in [-0.39, 0.29) is 23.7 Å². The SMILES string of the molecule is CC(C(=O)Nc1ccc(NC(=O)CCn2ncc(=O)c3ccccc32)cc1)n1cncn1. The summed E-state index contributed by atoms with van der Waals surface area (Å²) in [6.45, 7) is 2.06. The predicted octanol–water partition coefficient (Wildman–Crippen LogP) is 2.22. The summed E-state index contributed by atoms with van der Waals surface area (Å²) in [5, 5.41) is 14.3. The monoisotopic (exact) mass is 431 g/mol. The van der Waals surface area contributed by atoms with E-state index in [2.05, 4.69) is 25.8 Å². The first-order valence-electron chi connectivity index (χ1n) is 10.0. The van der Waals surface area contributed by atoms with Gasteiger partial charge in [0.25, 0.3) is 0 Å². The van der Waals surface area contributed by atoms with Crippen molar-refractivity contribution in [2.45, 2.75) is 25.9 Å². The van der Waals surface area contributed by atoms with Gasteiger partial charge in [0.05, 0.1) is 18.3 Å². The van der Waals surface area contributed by atoms with E-state index in [0.29, 0.717) is 28.8 Å². The number of rotatable bonds is 7. The number of amides is 2. The number of nitrogens with one attached hydrogen (secondary N) is 2. The quantitative estimate of drug-likeness (QED) is 0.462. The highest BCUT2D eigenvalue weighted by molar-refractivity contribution is 5.94. The zero-order valence-corrected chi connectivity index (χ0v) is 17.3. The Hall–Kier alpha value is -4.34. The van der Waals surface area contributed by atoms with Crippen LogP contribution in [0.25, 0.3) is 10.9 Å². The molecule has 10 nitrogen and oxygen atoms in total. The van der Waals surface area contributed by atoms with Crippen LogP contribution in [-0.2, 0) is 16.1 Å². The highest BCUT2D eigenvalue weighted by atomic mass is 16.2. The maximum Gasteiger partial charge on any atom is 0.249 e. The van der Waals surface area contributed by atoms with Crippen LogP contribution in [0, 0.1) is 0 Å². The second-order valence-electron chi connectivity index (χ2n) is 7.17. The van der Waals surface area contributed by atoms with Crippen LogP contribution in [0.3, 0.4) is 0 Å². The number of hydrogen-bond acceptors (Lipinski definition) is 6. The standard InChI is InChI=1S/C22H21N7O3/c1-15(29-14-23-13-25-29)22(32)27-17-8-6-16(7-9-17)26-21(31)10-11-28-19-5-3-2-4-18(19)20(30)12-24-28/h2-9,12-15H,10-11H2,1H3,(H,26,31)(H,27,32). The summed E-state index contributed by atoms with van der Waals surface area (Å²) in [6.07, 6.45) is 4.30. The number of aromatic nitrogens is 5. The first-order valence-corrected chi connectivity index (χ1v) is 10.0. The molecule has 1 unspecified atom stereocenters. The smallest absolute Gasteiger partial charge is 0.249 e. The van der Waals surface area contributed by atoms with Crippen molar-refractivity contribution in [3.8, 4) is 0 Å². The number of benzene rings is 2. The van der Waals surface area contributed by atoms with Gasteiger partial charge in [0.2, 0.25) is 17.2 Å². The van der Waals surface area contributed by atoms with Crippen LogP contribution < -0.4 is 16.1 Å². The van der Waals surface area contributed by atoms with Gasteiger partial charge >= 0.3 is 0 Å². The number of aryl methyl sites for hydroxylation is 1. The number of anilines is 2. The van der Waals surface area contributed by atoms with E-state index in [1.54, 1.807) is 54.1 Å². The third-order valence-corrected chi connectivity index (χ3v) is 4.96. The number of fused-ring (bicyclic) bond motifs is 1. The van der Waals surface area contributed by atoms with Crippen molar-refractivity contribution in [3.63, 3.8) is 0 Å². The molecule has 2 amide bonds. The lowest BCUT2D eigenvalue weighted by Gasteiger charge is -2.13. The minimum atomic E-state index is -0.505. The lowest BCUT2D eigenvalue weighted by Crippen LogP contribution is -2.24. The largest absolute Gasteiger partial charge is 0.326 e. The summed E-state index contributed by atoms with van der Waals surface area (Å²) in [5.74, 6) is -0.417. The zero-order valence-electron chi connectivity index (χ0n) is 17.3. The van der Waals surface area contributed by atoms with Gasteiger partial charge in [-0.1, -0.05) is 12.1 Å². The fourth-order valence-electron chi connectivity index (χ4n) is 3.19. The fraction of sp³-hybridized carbons (Fsp3) is 0.182. The van der Waals surface area contributed by atoms with E-state index in [4.69, 9.17) is 0 Å². The fourth-order valence-corrected chi connectivity index (χ4v) is 3.19. The van der Waals surface area contributed by atoms with Gasteiger partial charge in [-0.05, 0) is 43.3 Å². The number of para-hydroxylation sites is 1. The summed E-state index contributed by atoms with van der Waals surface area (Å²) >= 11 is 0. The molecule has 0 radical (unpaired) electrons. The lowest BCUT2D eigenvalue weighted by molar-refractivity contribution is -0.119. The number of nitrogens with zero attached hydrogens (tertiary/aromatic N) is 5. The molecular formula is C22H21N7O3. The van der Waals surface area contributed by atoms with Gasteiger partial charge in [-0.25, -0.2) is 9.67 Å². The van der Waals surface area contributed by atoms with E-state index in [1.165, 1.54) is 23.5 Å². The molecule has 1 atom stereocenters. The number of hydrogen-bond donors (Lipinski definition) is 2. The van der Waals surface area contributed by atoms with Crippen molar-refractivity contribution >= 4 is 34.1 Å². The van der Waals surface area contributed by atoms with Crippen LogP contribution >= 0.6 is 0 Å². The molecule has 0 saturated heterocycles. The van der Waals surface area contributed by atoms with Gasteiger partial charge in [0.15, 0.2) is 0 Å². The maximum absolute atomic E-state index is 12.4. The molecule has 162 valence electrons. The average Bonchev–Trinajstić information content (AvgIpc) is 3.34. The zero-order chi connectivity index (χ0) is 22.5. The minimum absolute atomic E-state index is 0.149. The Morgan fingerprint density at radius 1 is 1.00 bits per heavy atom. The molecule has 0 saturated carbocycles. The maximum atomic E-state index is 12.4. The summed E-state index contributed by atoms with van der Waals surface area (Å²) in [6, 6.07) is 13.5. The molecule has 0 bridgehead atoms. The topological polar surface area (TPSA) is 124 Å². The number of carbonyl (C=O) groups excluding carboxylic acids is 2. The summed E-state index contributed by atoms with van der Waals surface area (Å²) < 4.78 is 3.11. The highest BCUT2D eigenvalue weighted by Crippen LogP contribution is 2.16. The van der Waals surface area contributed by atoms with Gasteiger partial charge in [-0.3, -0.25) is 19.1 Å². The molecular weight excluding hydrogens is 410 g/mol. The summed E-state index contributed by atoms with van der Waals surface area (Å²) in [7, 11) is 0. The van der Waals surface area contributed by atoms with Crippen molar-refractivity contribution in [2.75, 3.05) is 10.6 Å². The summed E-state index contributed by atoms with van der Waals surface area (Å²) in [4.78, 5) is 40.4. The average molecular weight is 431 g/mol. The first-order chi connectivity index (χ1) is 15.5. The first kappa shape index (κ1) is 20.9. The molecule has 10 heteroatoms. The van der Waals surface area contributed by atoms with E-state index < -0.39 is 6.04 Å². The van der Waals surface area contributed by atoms with Gasteiger partial charge in [0.1, 0.15) is 18.7 Å². The Bertz CT molecular complexity index is 1300. The normalized spacial score (nSPS) is 11.8. The van der Waals surface area contributed by atoms with Crippen LogP contribution in [0.1, 0.15) is 19.4 Å². The third-order valence-electron chi connectivity index (χ3n) is 4.96. The van der Waals surface area contributed by atoms with E-state index >= 15 is 0 Å². The molecule has 2 aromatic heterocycles. The van der Waals surface area contributed by atoms with E-state index in [0.717, 1.165) is 0 Å². The summed E-state index contributed by atoms with van der Waals surface area (Å²) in [5.41, 5.74) is 1.75. The highest BCUT2D eigenvalue weighted by Gasteiger charge is 2.15. The van der Waals surface area contributed by atoms with Crippen molar-refractivity contribution in [3.05, 3.63) is 77.6 Å². The third kappa shape index (κ3) is 4.69. The molecule has 0 spiro atoms. The number of carbonyl (C=O) groups is 2. The molecule has 0 fully saturated rings. The molecule has 2 aromatic carbocycles. The Morgan fingerprint density at radius 2 is 1.72 bits per heavy atom. The Labute approximate surface area is 182 Å². The van der Waals surface area contributed by atoms with Crippen LogP contribution in [0.4, 0.5) is 11.4 Å². The molecule has 32 heavy (non-hydrogen) atoms. The molecule has 4 aromatic rings. The van der Waals surface area contributed by atoms with Crippen LogP contribution in [0.15, 0.2) is 72.2 Å². The van der Waals surface area contributed by atoms with Gasteiger partial charge in [-0.2, -0.15) is 10.2 Å². The van der Waals surface area contributed by atoms with E-state index in [9.17, 15) is 14.4 Å². The second kappa shape index (κ2) is 9.21. The van der Waals surface area contributed by atoms with Crippen LogP contribution in [0.2, 0.25) is 0 Å². The van der Waals surface area contributed by atoms with Crippen LogP contribution in [0.5, 0.6) is 0 Å². The second-order valence-corrected chi connectivity index (χ2v) is 7.17. The van der Waals surface area contributed by atoms with Gasteiger partial charge < -0.3 is 10.6 Å². The Kier molecular flexibility index (Phi) is 6.02. The molecule has 4 rings (SSSR count). The molecule has 0 aliphatic heterocycles. The minimum Gasteiger partial charge on any atom is -0.326 e. The van der Waals surface area contributed by atoms with Crippen molar-refractivity contribution in [2.24, 2.45) is 0 Å². The van der Waals surface area contributed by atoms with Gasteiger partial charge in [0, 0.05) is 23.2 Å². The molecule has 0 aliphatic carbocycles. The molecule has 2 N–H and O–H groups in total. The van der Waals surface area contributed by atoms with Crippen molar-refractivity contribution < 1.29 is 9.59 Å². The Morgan fingerprint density at radius 3 is 2.44 bits per heavy atom. The van der Waals surface area contributed by atoms with Crippen molar-refractivity contribution in [1.29, 1.82) is 0 Å². The Balaban J connectivity index is 1.33. The van der Waals surface area contributed by atoms with E-state index in [1.807, 2.05) is 6.07 Å².